The summed E-state index contributed by atoms with van der Waals surface area (Å²) in [5.41, 5.74) is 6.99. The fourth-order valence-electron chi connectivity index (χ4n) is 2.09. The van der Waals surface area contributed by atoms with Gasteiger partial charge < -0.3 is 16.0 Å². The van der Waals surface area contributed by atoms with Crippen LogP contribution >= 0.6 is 11.3 Å². The number of aromatic nitrogens is 1. The van der Waals surface area contributed by atoms with Crippen LogP contribution in [0, 0.1) is 0 Å². The van der Waals surface area contributed by atoms with E-state index in [1.165, 1.54) is 4.88 Å². The molecule has 0 fully saturated rings. The monoisotopic (exact) mass is 317 g/mol. The molecule has 0 amide bonds. The van der Waals surface area contributed by atoms with Crippen molar-refractivity contribution >= 4 is 17.3 Å². The highest BCUT2D eigenvalue weighted by atomic mass is 32.1. The van der Waals surface area contributed by atoms with Crippen LogP contribution in [0.15, 0.2) is 46.9 Å². The molecule has 0 aromatic carbocycles. The van der Waals surface area contributed by atoms with Crippen LogP contribution in [-0.2, 0) is 6.42 Å². The van der Waals surface area contributed by atoms with Gasteiger partial charge in [0, 0.05) is 29.7 Å². The number of rotatable bonds is 7. The normalized spacial score (nSPS) is 13.3. The number of nitrogens with two attached hydrogens (primary N) is 1. The van der Waals surface area contributed by atoms with Crippen molar-refractivity contribution in [3.63, 3.8) is 0 Å². The molecule has 5 nitrogen and oxygen atoms in total. The molecule has 0 aliphatic heterocycles. The molecule has 0 radical (unpaired) electrons. The zero-order valence-corrected chi connectivity index (χ0v) is 13.9. The lowest BCUT2D eigenvalue weighted by Gasteiger charge is -2.21. The summed E-state index contributed by atoms with van der Waals surface area (Å²) in [6, 6.07) is 10.4. The molecule has 6 heteroatoms. The summed E-state index contributed by atoms with van der Waals surface area (Å²) in [4.78, 5) is 12.2. The second-order valence-corrected chi connectivity index (χ2v) is 6.20. The number of hydrogen-bond acceptors (Lipinski definition) is 4. The molecular weight excluding hydrogens is 294 g/mol. The summed E-state index contributed by atoms with van der Waals surface area (Å²) >= 11 is 1.75. The molecule has 2 aromatic heterocycles. The topological polar surface area (TPSA) is 66.5 Å². The molecule has 1 unspecified atom stereocenters. The van der Waals surface area contributed by atoms with Gasteiger partial charge in [-0.3, -0.25) is 9.98 Å². The summed E-state index contributed by atoms with van der Waals surface area (Å²) in [6.07, 6.45) is 2.63. The molecule has 2 aromatic rings. The maximum absolute atomic E-state index is 5.94. The van der Waals surface area contributed by atoms with Crippen LogP contribution in [0.4, 0.5) is 0 Å². The van der Waals surface area contributed by atoms with Crippen LogP contribution in [0.3, 0.4) is 0 Å². The molecule has 0 saturated carbocycles. The van der Waals surface area contributed by atoms with Gasteiger partial charge in [0.05, 0.1) is 12.6 Å². The van der Waals surface area contributed by atoms with Crippen molar-refractivity contribution in [2.75, 3.05) is 27.2 Å². The first kappa shape index (κ1) is 16.5. The third kappa shape index (κ3) is 5.13. The molecule has 2 rings (SSSR count). The van der Waals surface area contributed by atoms with E-state index in [1.54, 1.807) is 17.5 Å². The van der Waals surface area contributed by atoms with Gasteiger partial charge in [0.15, 0.2) is 5.96 Å². The summed E-state index contributed by atoms with van der Waals surface area (Å²) in [5, 5.41) is 5.23. The van der Waals surface area contributed by atoms with Gasteiger partial charge in [-0.25, -0.2) is 0 Å². The van der Waals surface area contributed by atoms with E-state index in [4.69, 9.17) is 5.73 Å². The fourth-order valence-corrected chi connectivity index (χ4v) is 3.01. The Bertz CT molecular complexity index is 565. The third-order valence-corrected chi connectivity index (χ3v) is 4.32. The number of nitrogens with one attached hydrogen (secondary N) is 1. The van der Waals surface area contributed by atoms with Gasteiger partial charge in [-0.05, 0) is 37.7 Å². The molecule has 0 bridgehead atoms. The molecule has 22 heavy (non-hydrogen) atoms. The number of nitrogens with zero attached hydrogens (tertiary/aromatic N) is 3. The second kappa shape index (κ2) is 8.51. The molecule has 0 aliphatic rings. The average molecular weight is 317 g/mol. The van der Waals surface area contributed by atoms with Gasteiger partial charge >= 0.3 is 0 Å². The smallest absolute Gasteiger partial charge is 0.188 e. The van der Waals surface area contributed by atoms with Crippen molar-refractivity contribution < 1.29 is 0 Å². The number of pyridine rings is 1. The summed E-state index contributed by atoms with van der Waals surface area (Å²) in [6.45, 7) is 1.38. The maximum atomic E-state index is 5.94. The van der Waals surface area contributed by atoms with Crippen molar-refractivity contribution in [1.82, 2.24) is 15.2 Å². The first-order valence-corrected chi connectivity index (χ1v) is 8.18. The van der Waals surface area contributed by atoms with Crippen molar-refractivity contribution in [2.45, 2.75) is 12.5 Å². The number of guanidine groups is 1. The van der Waals surface area contributed by atoms with Gasteiger partial charge in [0.25, 0.3) is 0 Å². The van der Waals surface area contributed by atoms with E-state index in [2.05, 4.69) is 51.8 Å². The highest BCUT2D eigenvalue weighted by Crippen LogP contribution is 2.23. The summed E-state index contributed by atoms with van der Waals surface area (Å²) in [5.74, 6) is 0.485. The molecule has 0 spiro atoms. The molecular formula is C16H23N5S. The number of thiophene rings is 1. The lowest BCUT2D eigenvalue weighted by Crippen LogP contribution is -2.34. The number of hydrogen-bond donors (Lipinski definition) is 2. The van der Waals surface area contributed by atoms with E-state index >= 15 is 0 Å². The highest BCUT2D eigenvalue weighted by Gasteiger charge is 2.14. The average Bonchev–Trinajstić information content (AvgIpc) is 3.02. The Balaban J connectivity index is 1.81. The largest absolute Gasteiger partial charge is 0.370 e. The molecule has 0 aliphatic carbocycles. The van der Waals surface area contributed by atoms with Gasteiger partial charge in [-0.15, -0.1) is 11.3 Å². The Labute approximate surface area is 135 Å². The first-order chi connectivity index (χ1) is 10.7. The van der Waals surface area contributed by atoms with Gasteiger partial charge in [-0.2, -0.15) is 0 Å². The SMILES string of the molecule is CN(C)C(CN=C(N)NCCc1ccccn1)c1cccs1. The van der Waals surface area contributed by atoms with E-state index in [-0.39, 0.29) is 6.04 Å². The summed E-state index contributed by atoms with van der Waals surface area (Å²) in [7, 11) is 4.12. The zero-order valence-electron chi connectivity index (χ0n) is 13.1. The second-order valence-electron chi connectivity index (χ2n) is 5.22. The third-order valence-electron chi connectivity index (χ3n) is 3.34. The van der Waals surface area contributed by atoms with Crippen LogP contribution in [0.5, 0.6) is 0 Å². The minimum Gasteiger partial charge on any atom is -0.370 e. The van der Waals surface area contributed by atoms with Crippen molar-refractivity contribution in [2.24, 2.45) is 10.7 Å². The first-order valence-electron chi connectivity index (χ1n) is 7.30. The Morgan fingerprint density at radius 3 is 2.86 bits per heavy atom. The van der Waals surface area contributed by atoms with Crippen LogP contribution in [0.2, 0.25) is 0 Å². The van der Waals surface area contributed by atoms with E-state index < -0.39 is 0 Å². The quantitative estimate of drug-likeness (QED) is 0.604. The van der Waals surface area contributed by atoms with Crippen LogP contribution < -0.4 is 11.1 Å². The van der Waals surface area contributed by atoms with Crippen LogP contribution in [0.1, 0.15) is 16.6 Å². The fraction of sp³-hybridized carbons (Fsp3) is 0.375. The van der Waals surface area contributed by atoms with Crippen molar-refractivity contribution in [3.05, 3.63) is 52.5 Å². The lowest BCUT2D eigenvalue weighted by molar-refractivity contribution is 0.310. The van der Waals surface area contributed by atoms with E-state index in [9.17, 15) is 0 Å². The van der Waals surface area contributed by atoms with Crippen molar-refractivity contribution in [3.8, 4) is 0 Å². The number of likely N-dealkylation sites (N-methyl/N-ethyl adjacent to an activating group) is 1. The maximum Gasteiger partial charge on any atom is 0.188 e. The van der Waals surface area contributed by atoms with Gasteiger partial charge in [-0.1, -0.05) is 12.1 Å². The minimum absolute atomic E-state index is 0.260. The Kier molecular flexibility index (Phi) is 6.36. The van der Waals surface area contributed by atoms with E-state index in [0.29, 0.717) is 12.5 Å². The van der Waals surface area contributed by atoms with Gasteiger partial charge in [0.1, 0.15) is 0 Å². The van der Waals surface area contributed by atoms with E-state index in [1.807, 2.05) is 18.2 Å². The predicted molar refractivity (Wildman–Crippen MR) is 93.2 cm³/mol. The minimum atomic E-state index is 0.260. The number of aliphatic imine (C=N–C) groups is 1. The standard InChI is InChI=1S/C16H23N5S/c1-21(2)14(15-7-5-11-22-15)12-20-16(17)19-10-8-13-6-3-4-9-18-13/h3-7,9,11,14H,8,10,12H2,1-2H3,(H3,17,19,20). The molecule has 0 saturated heterocycles. The molecule has 1 atom stereocenters. The molecule has 118 valence electrons. The van der Waals surface area contributed by atoms with Gasteiger partial charge in [0.2, 0.25) is 0 Å². The van der Waals surface area contributed by atoms with E-state index in [0.717, 1.165) is 18.7 Å². The predicted octanol–water partition coefficient (Wildman–Crippen LogP) is 1.89. The Morgan fingerprint density at radius 2 is 2.23 bits per heavy atom. The highest BCUT2D eigenvalue weighted by molar-refractivity contribution is 7.10. The molecule has 3 N–H and O–H groups in total. The van der Waals surface area contributed by atoms with Crippen LogP contribution in [0.25, 0.3) is 0 Å². The Morgan fingerprint density at radius 1 is 1.36 bits per heavy atom. The summed E-state index contributed by atoms with van der Waals surface area (Å²) < 4.78 is 0. The van der Waals surface area contributed by atoms with Crippen molar-refractivity contribution in [1.29, 1.82) is 0 Å². The Hall–Kier alpha value is -1.92. The molecule has 2 heterocycles. The zero-order chi connectivity index (χ0) is 15.8. The van der Waals surface area contributed by atoms with Crippen LogP contribution in [-0.4, -0.2) is 43.0 Å². The lowest BCUT2D eigenvalue weighted by atomic mass is 10.2.